The van der Waals surface area contributed by atoms with E-state index in [9.17, 15) is 19.8 Å². The molecule has 1 fully saturated rings. The van der Waals surface area contributed by atoms with Crippen LogP contribution in [0.15, 0.2) is 48.3 Å². The Morgan fingerprint density at radius 2 is 1.93 bits per heavy atom. The maximum Gasteiger partial charge on any atom is 0.295 e. The molecule has 3 rings (SSSR count). The van der Waals surface area contributed by atoms with Crippen molar-refractivity contribution in [3.63, 3.8) is 0 Å². The first-order chi connectivity index (χ1) is 14.0. The number of benzene rings is 1. The highest BCUT2D eigenvalue weighted by Crippen LogP contribution is 2.41. The number of phenolic OH excluding ortho intramolecular Hbond substituents is 1. The number of ether oxygens (including phenoxy) is 2. The Morgan fingerprint density at radius 1 is 1.21 bits per heavy atom. The van der Waals surface area contributed by atoms with Crippen LogP contribution in [0.1, 0.15) is 24.1 Å². The van der Waals surface area contributed by atoms with E-state index in [0.717, 1.165) is 0 Å². The monoisotopic (exact) mass is 398 g/mol. The third-order valence-corrected chi connectivity index (χ3v) is 4.63. The maximum atomic E-state index is 12.8. The highest BCUT2D eigenvalue weighted by molar-refractivity contribution is 6.46. The summed E-state index contributed by atoms with van der Waals surface area (Å²) in [6, 6.07) is 6.85. The summed E-state index contributed by atoms with van der Waals surface area (Å²) < 4.78 is 10.5. The van der Waals surface area contributed by atoms with Gasteiger partial charge >= 0.3 is 0 Å². The average molecular weight is 398 g/mol. The Hall–Kier alpha value is -3.39. The Labute approximate surface area is 168 Å². The molecule has 0 radical (unpaired) electrons. The number of rotatable bonds is 7. The first-order valence-electron chi connectivity index (χ1n) is 9.13. The zero-order valence-electron chi connectivity index (χ0n) is 16.2. The van der Waals surface area contributed by atoms with Crippen LogP contribution < -0.4 is 4.74 Å². The molecule has 2 heterocycles. The molecule has 1 aliphatic rings. The van der Waals surface area contributed by atoms with Crippen molar-refractivity contribution < 1.29 is 29.3 Å². The maximum absolute atomic E-state index is 12.8. The minimum atomic E-state index is -0.849. The molecule has 1 aliphatic heterocycles. The van der Waals surface area contributed by atoms with E-state index in [1.807, 2.05) is 0 Å². The molecule has 1 atom stereocenters. The Bertz CT molecular complexity index is 941. The van der Waals surface area contributed by atoms with Gasteiger partial charge in [0.25, 0.3) is 11.7 Å². The van der Waals surface area contributed by atoms with Gasteiger partial charge in [0.15, 0.2) is 11.5 Å². The minimum Gasteiger partial charge on any atom is -0.507 e. The molecule has 8 nitrogen and oxygen atoms in total. The van der Waals surface area contributed by atoms with E-state index in [1.165, 1.54) is 30.5 Å². The number of aliphatic hydroxyl groups is 1. The molecule has 2 aromatic rings. The van der Waals surface area contributed by atoms with Crippen LogP contribution in [0.4, 0.5) is 0 Å². The van der Waals surface area contributed by atoms with E-state index in [0.29, 0.717) is 17.7 Å². The van der Waals surface area contributed by atoms with E-state index in [1.54, 1.807) is 31.2 Å². The van der Waals surface area contributed by atoms with Crippen LogP contribution in [-0.2, 0) is 14.3 Å². The number of hydrogen-bond acceptors (Lipinski definition) is 7. The molecule has 0 spiro atoms. The molecule has 29 heavy (non-hydrogen) atoms. The largest absolute Gasteiger partial charge is 0.507 e. The predicted octanol–water partition coefficient (Wildman–Crippen LogP) is 2.25. The lowest BCUT2D eigenvalue weighted by Crippen LogP contribution is -2.32. The first-order valence-corrected chi connectivity index (χ1v) is 9.13. The lowest BCUT2D eigenvalue weighted by atomic mass is 9.95. The van der Waals surface area contributed by atoms with Crippen molar-refractivity contribution in [1.29, 1.82) is 0 Å². The third-order valence-electron chi connectivity index (χ3n) is 4.63. The van der Waals surface area contributed by atoms with Gasteiger partial charge in [-0.05, 0) is 36.8 Å². The van der Waals surface area contributed by atoms with E-state index < -0.39 is 17.7 Å². The zero-order valence-corrected chi connectivity index (χ0v) is 16.2. The summed E-state index contributed by atoms with van der Waals surface area (Å²) in [6.07, 6.45) is 2.97. The summed E-state index contributed by atoms with van der Waals surface area (Å²) in [6.45, 7) is 2.48. The van der Waals surface area contributed by atoms with E-state index in [2.05, 4.69) is 4.98 Å². The molecule has 1 saturated heterocycles. The van der Waals surface area contributed by atoms with Gasteiger partial charge in [-0.25, -0.2) is 0 Å². The molecule has 0 bridgehead atoms. The van der Waals surface area contributed by atoms with Crippen LogP contribution in [-0.4, -0.2) is 58.7 Å². The minimum absolute atomic E-state index is 0.0366. The topological polar surface area (TPSA) is 109 Å². The summed E-state index contributed by atoms with van der Waals surface area (Å²) in [5.41, 5.74) is 0.862. The second kappa shape index (κ2) is 8.74. The summed E-state index contributed by atoms with van der Waals surface area (Å²) in [5, 5.41) is 20.9. The van der Waals surface area contributed by atoms with Gasteiger partial charge in [-0.15, -0.1) is 0 Å². The van der Waals surface area contributed by atoms with Gasteiger partial charge < -0.3 is 24.6 Å². The van der Waals surface area contributed by atoms with Crippen molar-refractivity contribution in [3.8, 4) is 11.5 Å². The van der Waals surface area contributed by atoms with Gasteiger partial charge in [0, 0.05) is 31.6 Å². The smallest absolute Gasteiger partial charge is 0.295 e. The van der Waals surface area contributed by atoms with Crippen molar-refractivity contribution in [2.24, 2.45) is 0 Å². The molecule has 0 aliphatic carbocycles. The highest BCUT2D eigenvalue weighted by atomic mass is 16.5. The molecular weight excluding hydrogens is 376 g/mol. The van der Waals surface area contributed by atoms with Crippen LogP contribution in [0.3, 0.4) is 0 Å². The van der Waals surface area contributed by atoms with Crippen LogP contribution >= 0.6 is 0 Å². The standard InChI is InChI=1S/C21H22N2O6/c1-3-29-16-12-14(4-5-15(16)24)18-17(19(25)13-6-8-22-9-7-13)20(26)21(27)23(18)10-11-28-2/h4-9,12,18,24-25H,3,10-11H2,1-2H3/b19-17-. The second-order valence-corrected chi connectivity index (χ2v) is 6.38. The number of hydrogen-bond donors (Lipinski definition) is 2. The molecule has 8 heteroatoms. The number of pyridine rings is 1. The van der Waals surface area contributed by atoms with Gasteiger partial charge in [-0.2, -0.15) is 0 Å². The number of aliphatic hydroxyl groups excluding tert-OH is 1. The molecular formula is C21H22N2O6. The van der Waals surface area contributed by atoms with E-state index in [4.69, 9.17) is 9.47 Å². The number of nitrogens with zero attached hydrogens (tertiary/aromatic N) is 2. The van der Waals surface area contributed by atoms with Crippen molar-refractivity contribution in [2.45, 2.75) is 13.0 Å². The molecule has 152 valence electrons. The lowest BCUT2D eigenvalue weighted by Gasteiger charge is -2.25. The number of carbonyl (C=O) groups is 2. The van der Waals surface area contributed by atoms with Crippen LogP contribution in [0.5, 0.6) is 11.5 Å². The Kier molecular flexibility index (Phi) is 6.13. The highest BCUT2D eigenvalue weighted by Gasteiger charge is 2.46. The predicted molar refractivity (Wildman–Crippen MR) is 104 cm³/mol. The molecule has 2 N–H and O–H groups in total. The molecule has 1 aromatic heterocycles. The van der Waals surface area contributed by atoms with Gasteiger partial charge in [0.05, 0.1) is 24.8 Å². The van der Waals surface area contributed by atoms with Crippen molar-refractivity contribution in [1.82, 2.24) is 9.88 Å². The second-order valence-electron chi connectivity index (χ2n) is 6.38. The van der Waals surface area contributed by atoms with E-state index >= 15 is 0 Å². The van der Waals surface area contributed by atoms with Crippen LogP contribution in [0, 0.1) is 0 Å². The summed E-state index contributed by atoms with van der Waals surface area (Å²) >= 11 is 0. The van der Waals surface area contributed by atoms with Gasteiger partial charge in [-0.3, -0.25) is 14.6 Å². The number of amides is 1. The summed E-state index contributed by atoms with van der Waals surface area (Å²) in [7, 11) is 1.50. The van der Waals surface area contributed by atoms with Crippen LogP contribution in [0.2, 0.25) is 0 Å². The quantitative estimate of drug-likeness (QED) is 0.418. The number of carbonyl (C=O) groups excluding carboxylic acids is 2. The fourth-order valence-corrected chi connectivity index (χ4v) is 3.28. The fraction of sp³-hybridized carbons (Fsp3) is 0.286. The Balaban J connectivity index is 2.17. The summed E-state index contributed by atoms with van der Waals surface area (Å²) in [4.78, 5) is 30.8. The van der Waals surface area contributed by atoms with E-state index in [-0.39, 0.29) is 36.0 Å². The molecule has 1 aromatic carbocycles. The normalized spacial score (nSPS) is 18.3. The van der Waals surface area contributed by atoms with Gasteiger partial charge in [0.2, 0.25) is 0 Å². The number of aromatic hydroxyl groups is 1. The number of likely N-dealkylation sites (tertiary alicyclic amines) is 1. The third kappa shape index (κ3) is 3.93. The van der Waals surface area contributed by atoms with Crippen molar-refractivity contribution >= 4 is 17.4 Å². The fourth-order valence-electron chi connectivity index (χ4n) is 3.28. The number of Topliss-reactive ketones (excluding diaryl/α,β-unsaturated/α-hetero) is 1. The van der Waals surface area contributed by atoms with Crippen LogP contribution in [0.25, 0.3) is 5.76 Å². The number of aromatic nitrogens is 1. The Morgan fingerprint density at radius 3 is 2.59 bits per heavy atom. The number of methoxy groups -OCH3 is 1. The summed E-state index contributed by atoms with van der Waals surface area (Å²) in [5.74, 6) is -1.63. The first kappa shape index (κ1) is 20.3. The molecule has 1 amide bonds. The number of ketones is 1. The van der Waals surface area contributed by atoms with Gasteiger partial charge in [0.1, 0.15) is 5.76 Å². The van der Waals surface area contributed by atoms with Crippen molar-refractivity contribution in [2.75, 3.05) is 26.9 Å². The zero-order chi connectivity index (χ0) is 21.0. The average Bonchev–Trinajstić information content (AvgIpc) is 2.98. The number of phenols is 1. The SMILES string of the molecule is CCOc1cc(C2/C(=C(/O)c3ccncc3)C(=O)C(=O)N2CCOC)ccc1O. The van der Waals surface area contributed by atoms with Gasteiger partial charge in [-0.1, -0.05) is 6.07 Å². The molecule has 1 unspecified atom stereocenters. The lowest BCUT2D eigenvalue weighted by molar-refractivity contribution is -0.140. The molecule has 0 saturated carbocycles. The van der Waals surface area contributed by atoms with Crippen molar-refractivity contribution in [3.05, 3.63) is 59.4 Å².